The molecule has 0 saturated carbocycles. The molecule has 0 unspecified atom stereocenters. The fraction of sp³-hybridized carbons (Fsp3) is 0.500. The molecule has 3 N–H and O–H groups in total. The maximum Gasteiger partial charge on any atom is 0.257 e. The van der Waals surface area contributed by atoms with Gasteiger partial charge in [-0.25, -0.2) is 4.68 Å². The van der Waals surface area contributed by atoms with E-state index < -0.39 is 5.91 Å². The van der Waals surface area contributed by atoms with Crippen molar-refractivity contribution in [1.82, 2.24) is 9.78 Å². The number of rotatable bonds is 7. The van der Waals surface area contributed by atoms with E-state index in [0.29, 0.717) is 11.4 Å². The van der Waals surface area contributed by atoms with E-state index in [1.165, 1.54) is 26.4 Å². The monoisotopic (exact) mass is 432 g/mol. The number of aromatic nitrogens is 2. The van der Waals surface area contributed by atoms with E-state index in [1.54, 1.807) is 4.68 Å². The van der Waals surface area contributed by atoms with Gasteiger partial charge >= 0.3 is 0 Å². The summed E-state index contributed by atoms with van der Waals surface area (Å²) in [5, 5.41) is 7.64. The smallest absolute Gasteiger partial charge is 0.257 e. The average Bonchev–Trinajstić information content (AvgIpc) is 3.10. The van der Waals surface area contributed by atoms with Crippen LogP contribution in [0.3, 0.4) is 0 Å². The second-order valence-corrected chi connectivity index (χ2v) is 9.17. The molecule has 9 nitrogen and oxygen atoms in total. The molecule has 0 saturated heterocycles. The molecule has 9 heteroatoms. The van der Waals surface area contributed by atoms with Crippen LogP contribution in [0, 0.1) is 0 Å². The number of hydrogen-bond acceptors (Lipinski definition) is 6. The number of ether oxygens (including phenoxy) is 3. The second-order valence-electron chi connectivity index (χ2n) is 9.17. The number of nitrogens with two attached hydrogens (primary N) is 1. The van der Waals surface area contributed by atoms with Gasteiger partial charge in [-0.1, -0.05) is 20.8 Å². The Morgan fingerprint density at radius 2 is 1.58 bits per heavy atom. The van der Waals surface area contributed by atoms with Gasteiger partial charge in [0.1, 0.15) is 5.82 Å². The fourth-order valence-corrected chi connectivity index (χ4v) is 2.83. The minimum absolute atomic E-state index is 0.179. The van der Waals surface area contributed by atoms with E-state index in [-0.39, 0.29) is 40.7 Å². The molecule has 2 rings (SSSR count). The van der Waals surface area contributed by atoms with Crippen molar-refractivity contribution in [3.63, 3.8) is 0 Å². The van der Waals surface area contributed by atoms with Crippen LogP contribution in [0.4, 0.5) is 5.82 Å². The minimum atomic E-state index is -0.643. The molecule has 170 valence electrons. The summed E-state index contributed by atoms with van der Waals surface area (Å²) in [7, 11) is 2.86. The van der Waals surface area contributed by atoms with Crippen LogP contribution >= 0.6 is 0 Å². The summed E-state index contributed by atoms with van der Waals surface area (Å²) >= 11 is 0. The highest BCUT2D eigenvalue weighted by Gasteiger charge is 2.26. The van der Waals surface area contributed by atoms with Gasteiger partial charge in [-0.3, -0.25) is 9.59 Å². The van der Waals surface area contributed by atoms with Gasteiger partial charge in [0.25, 0.3) is 11.8 Å². The fourth-order valence-electron chi connectivity index (χ4n) is 2.83. The number of carbonyl (C=O) groups is 2. The van der Waals surface area contributed by atoms with E-state index in [0.717, 1.165) is 5.69 Å². The Hall–Kier alpha value is -3.23. The largest absolute Gasteiger partial charge is 0.493 e. The van der Waals surface area contributed by atoms with E-state index in [2.05, 4.69) is 26.1 Å². The molecule has 31 heavy (non-hydrogen) atoms. The van der Waals surface area contributed by atoms with Crippen molar-refractivity contribution in [3.05, 3.63) is 29.5 Å². The van der Waals surface area contributed by atoms with Crippen LogP contribution in [0.25, 0.3) is 0 Å². The first kappa shape index (κ1) is 24.0. The van der Waals surface area contributed by atoms with Crippen molar-refractivity contribution in [1.29, 1.82) is 0 Å². The summed E-state index contributed by atoms with van der Waals surface area (Å²) < 4.78 is 17.9. The number of hydrogen-bond donors (Lipinski definition) is 2. The van der Waals surface area contributed by atoms with Gasteiger partial charge in [0.05, 0.1) is 25.5 Å². The number of anilines is 1. The first-order chi connectivity index (χ1) is 14.3. The number of primary amides is 1. The van der Waals surface area contributed by atoms with Crippen LogP contribution in [-0.2, 0) is 15.7 Å². The number of benzene rings is 1. The lowest BCUT2D eigenvalue weighted by Gasteiger charge is -2.23. The lowest BCUT2D eigenvalue weighted by atomic mass is 9.92. The van der Waals surface area contributed by atoms with Crippen molar-refractivity contribution in [2.75, 3.05) is 26.1 Å². The van der Waals surface area contributed by atoms with Crippen molar-refractivity contribution in [3.8, 4) is 17.2 Å². The van der Waals surface area contributed by atoms with Crippen LogP contribution in [0.5, 0.6) is 17.2 Å². The van der Waals surface area contributed by atoms with Gasteiger partial charge < -0.3 is 25.3 Å². The number of nitrogens with zero attached hydrogens (tertiary/aromatic N) is 2. The van der Waals surface area contributed by atoms with E-state index in [9.17, 15) is 9.59 Å². The molecule has 0 atom stereocenters. The van der Waals surface area contributed by atoms with Crippen LogP contribution in [-0.4, -0.2) is 42.4 Å². The van der Waals surface area contributed by atoms with Crippen LogP contribution < -0.4 is 25.3 Å². The first-order valence-electron chi connectivity index (χ1n) is 9.87. The number of methoxy groups -OCH3 is 2. The highest BCUT2D eigenvalue weighted by atomic mass is 16.5. The summed E-state index contributed by atoms with van der Waals surface area (Å²) in [5.74, 6) is 0.236. The van der Waals surface area contributed by atoms with Crippen molar-refractivity contribution < 1.29 is 23.8 Å². The Balaban J connectivity index is 2.44. The summed E-state index contributed by atoms with van der Waals surface area (Å²) in [6, 6.07) is 4.90. The molecule has 1 heterocycles. The molecule has 0 aliphatic carbocycles. The standard InChI is InChI=1S/C22H32N4O5/c1-21(2,3)16-11-18(26(25-16)22(4,5)6)24-20(28)13-9-14(29-7)19(15(10-13)30-8)31-12-17(23)27/h9-11H,12H2,1-8H3,(H2,23,27)(H,24,28). The topological polar surface area (TPSA) is 118 Å². The van der Waals surface area contributed by atoms with Gasteiger partial charge in [0.2, 0.25) is 5.75 Å². The predicted molar refractivity (Wildman–Crippen MR) is 118 cm³/mol. The SMILES string of the molecule is COc1cc(C(=O)Nc2cc(C(C)(C)C)nn2C(C)(C)C)cc(OC)c1OCC(N)=O. The zero-order valence-corrected chi connectivity index (χ0v) is 19.5. The van der Waals surface area contributed by atoms with Gasteiger partial charge in [-0.05, 0) is 32.9 Å². The number of nitrogens with one attached hydrogen (secondary N) is 1. The molecule has 2 aromatic rings. The molecular formula is C22H32N4O5. The third-order valence-electron chi connectivity index (χ3n) is 4.44. The van der Waals surface area contributed by atoms with Gasteiger partial charge in [0.15, 0.2) is 18.1 Å². The van der Waals surface area contributed by atoms with E-state index in [1.807, 2.05) is 26.8 Å². The lowest BCUT2D eigenvalue weighted by Crippen LogP contribution is -2.27. The Bertz CT molecular complexity index is 942. The van der Waals surface area contributed by atoms with Gasteiger partial charge in [-0.15, -0.1) is 0 Å². The summed E-state index contributed by atoms with van der Waals surface area (Å²) in [6.45, 7) is 11.9. The first-order valence-corrected chi connectivity index (χ1v) is 9.87. The van der Waals surface area contributed by atoms with Gasteiger partial charge in [0, 0.05) is 17.0 Å². The molecule has 0 aliphatic rings. The highest BCUT2D eigenvalue weighted by Crippen LogP contribution is 2.39. The Labute approximate surface area is 182 Å². The zero-order valence-electron chi connectivity index (χ0n) is 19.5. The van der Waals surface area contributed by atoms with E-state index >= 15 is 0 Å². The molecule has 1 aromatic heterocycles. The highest BCUT2D eigenvalue weighted by molar-refractivity contribution is 6.04. The quantitative estimate of drug-likeness (QED) is 0.694. The molecule has 0 bridgehead atoms. The van der Waals surface area contributed by atoms with Crippen molar-refractivity contribution in [2.24, 2.45) is 5.73 Å². The maximum atomic E-state index is 13.1. The Morgan fingerprint density at radius 3 is 2.00 bits per heavy atom. The Kier molecular flexibility index (Phi) is 6.88. The van der Waals surface area contributed by atoms with E-state index in [4.69, 9.17) is 25.0 Å². The summed E-state index contributed by atoms with van der Waals surface area (Å²) in [6.07, 6.45) is 0. The van der Waals surface area contributed by atoms with Crippen LogP contribution in [0.1, 0.15) is 57.6 Å². The molecule has 0 fully saturated rings. The maximum absolute atomic E-state index is 13.1. The van der Waals surface area contributed by atoms with Crippen molar-refractivity contribution in [2.45, 2.75) is 52.5 Å². The van der Waals surface area contributed by atoms with Crippen LogP contribution in [0.2, 0.25) is 0 Å². The third-order valence-corrected chi connectivity index (χ3v) is 4.44. The third kappa shape index (κ3) is 5.68. The second kappa shape index (κ2) is 8.87. The number of amides is 2. The molecular weight excluding hydrogens is 400 g/mol. The predicted octanol–water partition coefficient (Wildman–Crippen LogP) is 3.07. The van der Waals surface area contributed by atoms with Gasteiger partial charge in [-0.2, -0.15) is 5.10 Å². The molecule has 2 amide bonds. The summed E-state index contributed by atoms with van der Waals surface area (Å²) in [5.41, 5.74) is 5.79. The molecule has 0 radical (unpaired) electrons. The molecule has 0 aliphatic heterocycles. The number of carbonyl (C=O) groups excluding carboxylic acids is 2. The zero-order chi connectivity index (χ0) is 23.6. The molecule has 1 aromatic carbocycles. The lowest BCUT2D eigenvalue weighted by molar-refractivity contribution is -0.120. The Morgan fingerprint density at radius 1 is 1.03 bits per heavy atom. The molecule has 0 spiro atoms. The van der Waals surface area contributed by atoms with Crippen molar-refractivity contribution >= 4 is 17.6 Å². The normalized spacial score (nSPS) is 11.7. The van der Waals surface area contributed by atoms with Crippen LogP contribution in [0.15, 0.2) is 18.2 Å². The summed E-state index contributed by atoms with van der Waals surface area (Å²) in [4.78, 5) is 24.2. The minimum Gasteiger partial charge on any atom is -0.493 e. The average molecular weight is 433 g/mol.